The first kappa shape index (κ1) is 63.9. The lowest BCUT2D eigenvalue weighted by molar-refractivity contribution is 0.0214. The van der Waals surface area contributed by atoms with Gasteiger partial charge in [-0.25, -0.2) is 14.4 Å². The van der Waals surface area contributed by atoms with Gasteiger partial charge < -0.3 is 39.7 Å². The summed E-state index contributed by atoms with van der Waals surface area (Å²) in [7, 11) is 16.5. The van der Waals surface area contributed by atoms with Gasteiger partial charge in [0.05, 0.1) is 30.8 Å². The standard InChI is InChI=1S/C28H39N3O2.C24H31N3O2.C20H31N3O/c1-22(2)19-31-26(32)30(20-23-11-13-25(33-5)14-12-23)21-27(31)15-17-28(18-16-27,29(3)4)24-9-7-6-8-10-24;1-26(2)24(20-7-5-4-6-8-20)15-13-23(14-16-24)18-27(22(28)25-23)17-19-9-11-21(29-3)12-10-19;1-16(2)14-23-18(24)21-15-19(23)10-12-20(13-11-19,22(3)4)17-8-6-5-7-9-17/h6-14,22H,15-21H2,1-5H3;4-12H,13-18H2,1-3H3,(H,25,28);5-9,16H,10-15H2,1-4H3,(H,21,24). The van der Waals surface area contributed by atoms with Crippen molar-refractivity contribution in [3.8, 4) is 11.5 Å². The maximum Gasteiger partial charge on any atom is 0.320 e. The zero-order valence-corrected chi connectivity index (χ0v) is 54.0. The van der Waals surface area contributed by atoms with Crippen molar-refractivity contribution in [1.29, 1.82) is 0 Å². The zero-order valence-electron chi connectivity index (χ0n) is 54.0. The van der Waals surface area contributed by atoms with E-state index in [-0.39, 0.29) is 51.3 Å². The second kappa shape index (κ2) is 26.8. The van der Waals surface area contributed by atoms with E-state index in [1.165, 1.54) is 16.7 Å². The van der Waals surface area contributed by atoms with Gasteiger partial charge in [-0.3, -0.25) is 14.7 Å². The molecule has 2 N–H and O–H groups in total. The highest BCUT2D eigenvalue weighted by atomic mass is 16.5. The first-order valence-electron chi connectivity index (χ1n) is 31.8. The van der Waals surface area contributed by atoms with E-state index in [0.717, 1.165) is 132 Å². The highest BCUT2D eigenvalue weighted by molar-refractivity contribution is 5.79. The molecular weight excluding hydrogens is 1070 g/mol. The molecule has 14 nitrogen and oxygen atoms in total. The maximum absolute atomic E-state index is 13.6. The number of ether oxygens (including phenoxy) is 2. The van der Waals surface area contributed by atoms with Crippen molar-refractivity contribution in [1.82, 2.24) is 44.9 Å². The van der Waals surface area contributed by atoms with Gasteiger partial charge in [0.25, 0.3) is 0 Å². The fourth-order valence-electron chi connectivity index (χ4n) is 15.5. The molecule has 5 aromatic rings. The van der Waals surface area contributed by atoms with Gasteiger partial charge >= 0.3 is 18.1 Å². The van der Waals surface area contributed by atoms with Gasteiger partial charge in [-0.1, -0.05) is 143 Å². The van der Waals surface area contributed by atoms with Gasteiger partial charge in [0.2, 0.25) is 0 Å². The summed E-state index contributed by atoms with van der Waals surface area (Å²) in [4.78, 5) is 54.2. The third kappa shape index (κ3) is 13.3. The van der Waals surface area contributed by atoms with Gasteiger partial charge in [0.1, 0.15) is 11.5 Å². The van der Waals surface area contributed by atoms with Crippen LogP contribution in [0.4, 0.5) is 14.4 Å². The average molecular weight is 1170 g/mol. The van der Waals surface area contributed by atoms with Crippen molar-refractivity contribution < 1.29 is 23.9 Å². The van der Waals surface area contributed by atoms with Gasteiger partial charge in [-0.2, -0.15) is 0 Å². The summed E-state index contributed by atoms with van der Waals surface area (Å²) in [5.41, 5.74) is 6.41. The van der Waals surface area contributed by atoms with E-state index in [4.69, 9.17) is 9.47 Å². The third-order valence-corrected chi connectivity index (χ3v) is 20.8. The maximum atomic E-state index is 13.6. The van der Waals surface area contributed by atoms with Crippen LogP contribution in [0.25, 0.3) is 0 Å². The van der Waals surface area contributed by atoms with Crippen LogP contribution in [-0.4, -0.2) is 158 Å². The first-order chi connectivity index (χ1) is 41.2. The van der Waals surface area contributed by atoms with E-state index < -0.39 is 0 Å². The number of nitrogens with one attached hydrogen (secondary N) is 2. The fourth-order valence-corrected chi connectivity index (χ4v) is 15.5. The van der Waals surface area contributed by atoms with Gasteiger partial charge in [-0.15, -0.1) is 0 Å². The smallest absolute Gasteiger partial charge is 0.320 e. The van der Waals surface area contributed by atoms with E-state index in [0.29, 0.717) is 24.9 Å². The molecule has 3 aliphatic heterocycles. The van der Waals surface area contributed by atoms with Crippen LogP contribution in [0.3, 0.4) is 0 Å². The minimum atomic E-state index is -0.113. The summed E-state index contributed by atoms with van der Waals surface area (Å²) >= 11 is 0. The Kier molecular flexibility index (Phi) is 19.9. The molecule has 86 heavy (non-hydrogen) atoms. The third-order valence-electron chi connectivity index (χ3n) is 20.8. The molecule has 6 amide bonds. The lowest BCUT2D eigenvalue weighted by atomic mass is 9.68. The predicted octanol–water partition coefficient (Wildman–Crippen LogP) is 12.8. The Morgan fingerprint density at radius 2 is 0.814 bits per heavy atom. The zero-order chi connectivity index (χ0) is 61.5. The van der Waals surface area contributed by atoms with E-state index in [9.17, 15) is 14.4 Å². The Morgan fingerprint density at radius 1 is 0.442 bits per heavy atom. The molecule has 3 aliphatic carbocycles. The Balaban J connectivity index is 0.000000156. The van der Waals surface area contributed by atoms with E-state index in [2.05, 4.69) is 213 Å². The van der Waals surface area contributed by atoms with E-state index >= 15 is 0 Å². The number of urea groups is 3. The number of rotatable bonds is 16. The summed E-state index contributed by atoms with van der Waals surface area (Å²) in [5, 5.41) is 6.44. The molecule has 3 saturated heterocycles. The van der Waals surface area contributed by atoms with Crippen molar-refractivity contribution in [2.24, 2.45) is 11.8 Å². The molecule has 6 fully saturated rings. The number of hydrogen-bond donors (Lipinski definition) is 2. The molecule has 14 heteroatoms. The molecule has 0 unspecified atom stereocenters. The van der Waals surface area contributed by atoms with Crippen LogP contribution in [0.2, 0.25) is 0 Å². The largest absolute Gasteiger partial charge is 0.497 e. The molecule has 3 spiro atoms. The second-order valence-corrected chi connectivity index (χ2v) is 27.4. The Morgan fingerprint density at radius 3 is 1.20 bits per heavy atom. The molecule has 0 bridgehead atoms. The van der Waals surface area contributed by atoms with Crippen LogP contribution in [0.1, 0.15) is 133 Å². The highest BCUT2D eigenvalue weighted by Crippen LogP contribution is 2.51. The number of carbonyl (C=O) groups excluding carboxylic acids is 3. The quantitative estimate of drug-likeness (QED) is 0.100. The van der Waals surface area contributed by atoms with Crippen molar-refractivity contribution >= 4 is 18.1 Å². The van der Waals surface area contributed by atoms with Crippen LogP contribution in [0.5, 0.6) is 11.5 Å². The number of nitrogens with zero attached hydrogens (tertiary/aromatic N) is 7. The predicted molar refractivity (Wildman–Crippen MR) is 346 cm³/mol. The molecule has 464 valence electrons. The van der Waals surface area contributed by atoms with E-state index in [1.807, 2.05) is 41.3 Å². The summed E-state index contributed by atoms with van der Waals surface area (Å²) in [6.07, 6.45) is 12.5. The normalized spacial score (nSPS) is 27.3. The summed E-state index contributed by atoms with van der Waals surface area (Å²) < 4.78 is 10.5. The minimum Gasteiger partial charge on any atom is -0.497 e. The van der Waals surface area contributed by atoms with Gasteiger partial charge in [0, 0.05) is 62.4 Å². The molecule has 11 rings (SSSR count). The Bertz CT molecular complexity index is 2980. The topological polar surface area (TPSA) is 116 Å². The molecule has 3 heterocycles. The fraction of sp³-hybridized carbons (Fsp3) is 0.542. The van der Waals surface area contributed by atoms with Crippen LogP contribution in [-0.2, 0) is 29.7 Å². The summed E-state index contributed by atoms with van der Waals surface area (Å²) in [6.45, 7) is 14.1. The SMILES string of the molecule is CC(C)CN1C(=O)NCC12CCC(c1ccccc1)(N(C)C)CC2.COc1ccc(CN2CC3(CCC(c4ccccc4)(N(C)C)CC3)N(CC(C)C)C2=O)cc1.COc1ccc(CN2CC3(CCC(c4ccccc4)(N(C)C)CC3)NC2=O)cc1. The second-order valence-electron chi connectivity index (χ2n) is 27.4. The Labute approximate surface area is 515 Å². The van der Waals surface area contributed by atoms with Crippen molar-refractivity contribution in [3.05, 3.63) is 167 Å². The molecule has 0 aromatic heterocycles. The molecule has 3 saturated carbocycles. The molecule has 6 aliphatic rings. The van der Waals surface area contributed by atoms with Crippen molar-refractivity contribution in [3.63, 3.8) is 0 Å². The first-order valence-corrected chi connectivity index (χ1v) is 31.8. The van der Waals surface area contributed by atoms with Crippen LogP contribution in [0, 0.1) is 11.8 Å². The van der Waals surface area contributed by atoms with Crippen molar-refractivity contribution in [2.75, 3.05) is 89.2 Å². The molecule has 0 atom stereocenters. The average Bonchev–Trinajstić information content (AvgIpc) is 2.31. The number of hydrogen-bond acceptors (Lipinski definition) is 8. The lowest BCUT2D eigenvalue weighted by Crippen LogP contribution is -2.56. The summed E-state index contributed by atoms with van der Waals surface area (Å²) in [6, 6.07) is 49.0. The Hall–Kier alpha value is -6.61. The lowest BCUT2D eigenvalue weighted by Gasteiger charge is -2.51. The van der Waals surface area contributed by atoms with E-state index in [1.54, 1.807) is 14.2 Å². The molecule has 0 radical (unpaired) electrons. The van der Waals surface area contributed by atoms with Gasteiger partial charge in [-0.05, 0) is 183 Å². The number of carbonyl (C=O) groups is 3. The van der Waals surface area contributed by atoms with Crippen LogP contribution in [0.15, 0.2) is 140 Å². The van der Waals surface area contributed by atoms with Crippen LogP contribution >= 0.6 is 0 Å². The number of methoxy groups -OCH3 is 2. The highest BCUT2D eigenvalue weighted by Gasteiger charge is 2.56. The molecule has 5 aromatic carbocycles. The minimum absolute atomic E-state index is 0.00957. The van der Waals surface area contributed by atoms with Crippen LogP contribution < -0.4 is 20.1 Å². The molecular formula is C72H101N9O5. The number of amides is 6. The monoisotopic (exact) mass is 1170 g/mol. The summed E-state index contributed by atoms with van der Waals surface area (Å²) in [5.74, 6) is 2.63. The number of benzene rings is 5. The van der Waals surface area contributed by atoms with Crippen molar-refractivity contribution in [2.45, 2.75) is 151 Å². The van der Waals surface area contributed by atoms with Gasteiger partial charge in [0.15, 0.2) is 0 Å².